The van der Waals surface area contributed by atoms with Crippen molar-refractivity contribution in [3.05, 3.63) is 54.0 Å². The Balaban J connectivity index is 1.44. The van der Waals surface area contributed by atoms with Crippen LogP contribution in [-0.4, -0.2) is 39.2 Å². The molecule has 0 unspecified atom stereocenters. The van der Waals surface area contributed by atoms with E-state index in [1.807, 2.05) is 30.5 Å². The van der Waals surface area contributed by atoms with Crippen molar-refractivity contribution in [3.63, 3.8) is 0 Å². The number of anilines is 1. The number of fused-ring (bicyclic) bond motifs is 1. The Bertz CT molecular complexity index is 1150. The quantitative estimate of drug-likeness (QED) is 0.606. The van der Waals surface area contributed by atoms with Crippen LogP contribution in [0.15, 0.2) is 47.5 Å². The average molecular weight is 449 g/mol. The summed E-state index contributed by atoms with van der Waals surface area (Å²) in [6.07, 6.45) is -1.60. The standard InChI is InChI=1S/C20H18F3N5O2S/c1-31-15-4-2-3-14(8-15)27-10-12(7-18(27)29)19(30)24-9-17-26-25-16-6-5-13(11-28(16)17)20(21,22)23/h2-6,8,11-12H,7,9-10H2,1H3,(H,24,30)/t12-/m0/s1. The number of rotatable bonds is 5. The summed E-state index contributed by atoms with van der Waals surface area (Å²) in [5, 5.41) is 10.4. The summed E-state index contributed by atoms with van der Waals surface area (Å²) in [5.41, 5.74) is 0.139. The van der Waals surface area contributed by atoms with Crippen molar-refractivity contribution in [2.24, 2.45) is 5.92 Å². The Hall–Kier alpha value is -3.08. The molecule has 162 valence electrons. The molecule has 1 N–H and O–H groups in total. The lowest BCUT2D eigenvalue weighted by molar-refractivity contribution is -0.138. The van der Waals surface area contributed by atoms with Gasteiger partial charge in [-0.3, -0.25) is 14.0 Å². The van der Waals surface area contributed by atoms with Crippen LogP contribution in [0.3, 0.4) is 0 Å². The van der Waals surface area contributed by atoms with Crippen LogP contribution in [0.1, 0.15) is 17.8 Å². The van der Waals surface area contributed by atoms with Gasteiger partial charge < -0.3 is 10.2 Å². The fourth-order valence-corrected chi connectivity index (χ4v) is 3.90. The molecule has 0 saturated carbocycles. The van der Waals surface area contributed by atoms with Crippen molar-refractivity contribution >= 4 is 34.9 Å². The zero-order chi connectivity index (χ0) is 22.2. The van der Waals surface area contributed by atoms with Crippen LogP contribution >= 0.6 is 11.8 Å². The van der Waals surface area contributed by atoms with Crippen molar-refractivity contribution < 1.29 is 22.8 Å². The van der Waals surface area contributed by atoms with Crippen LogP contribution in [0.5, 0.6) is 0 Å². The Labute approximate surface area is 179 Å². The molecule has 3 heterocycles. The van der Waals surface area contributed by atoms with E-state index in [0.29, 0.717) is 0 Å². The van der Waals surface area contributed by atoms with Gasteiger partial charge in [0.15, 0.2) is 11.5 Å². The summed E-state index contributed by atoms with van der Waals surface area (Å²) >= 11 is 1.56. The predicted molar refractivity (Wildman–Crippen MR) is 109 cm³/mol. The highest BCUT2D eigenvalue weighted by Crippen LogP contribution is 2.30. The molecule has 0 aliphatic carbocycles. The number of carbonyl (C=O) groups excluding carboxylic acids is 2. The predicted octanol–water partition coefficient (Wildman–Crippen LogP) is 3.14. The first kappa shape index (κ1) is 21.2. The highest BCUT2D eigenvalue weighted by molar-refractivity contribution is 7.98. The van der Waals surface area contributed by atoms with Gasteiger partial charge >= 0.3 is 6.18 Å². The second-order valence-corrected chi connectivity index (χ2v) is 7.96. The topological polar surface area (TPSA) is 79.6 Å². The molecule has 2 aromatic heterocycles. The highest BCUT2D eigenvalue weighted by atomic mass is 32.2. The maximum absolute atomic E-state index is 13.0. The maximum atomic E-state index is 13.0. The lowest BCUT2D eigenvalue weighted by Crippen LogP contribution is -2.33. The molecule has 1 aliphatic heterocycles. The molecule has 0 spiro atoms. The Kier molecular flexibility index (Phi) is 5.61. The number of nitrogens with zero attached hydrogens (tertiary/aromatic N) is 4. The normalized spacial score (nSPS) is 16.8. The largest absolute Gasteiger partial charge is 0.417 e. The van der Waals surface area contributed by atoms with Gasteiger partial charge in [0.2, 0.25) is 11.8 Å². The maximum Gasteiger partial charge on any atom is 0.417 e. The number of hydrogen-bond donors (Lipinski definition) is 1. The van der Waals surface area contributed by atoms with E-state index < -0.39 is 17.7 Å². The lowest BCUT2D eigenvalue weighted by atomic mass is 10.1. The van der Waals surface area contributed by atoms with Crippen molar-refractivity contribution in [2.75, 3.05) is 17.7 Å². The van der Waals surface area contributed by atoms with Gasteiger partial charge in [0.25, 0.3) is 0 Å². The number of pyridine rings is 1. The molecule has 2 amide bonds. The minimum Gasteiger partial charge on any atom is -0.348 e. The fourth-order valence-electron chi connectivity index (χ4n) is 3.45. The molecule has 1 aliphatic rings. The number of benzene rings is 1. The van der Waals surface area contributed by atoms with Gasteiger partial charge in [-0.25, -0.2) is 0 Å². The molecule has 31 heavy (non-hydrogen) atoms. The van der Waals surface area contributed by atoms with E-state index in [1.165, 1.54) is 10.5 Å². The summed E-state index contributed by atoms with van der Waals surface area (Å²) in [7, 11) is 0. The van der Waals surface area contributed by atoms with E-state index in [2.05, 4.69) is 15.5 Å². The first-order valence-corrected chi connectivity index (χ1v) is 10.6. The summed E-state index contributed by atoms with van der Waals surface area (Å²) in [5.74, 6) is -0.902. The number of nitrogens with one attached hydrogen (secondary N) is 1. The number of halogens is 3. The van der Waals surface area contributed by atoms with E-state index in [1.54, 1.807) is 16.7 Å². The van der Waals surface area contributed by atoms with Gasteiger partial charge in [-0.05, 0) is 36.6 Å². The number of hydrogen-bond acceptors (Lipinski definition) is 5. The molecular formula is C20H18F3N5O2S. The van der Waals surface area contributed by atoms with Gasteiger partial charge in [0.1, 0.15) is 0 Å². The number of carbonyl (C=O) groups is 2. The highest BCUT2D eigenvalue weighted by Gasteiger charge is 2.35. The molecule has 1 aromatic carbocycles. The van der Waals surface area contributed by atoms with Gasteiger partial charge in [-0.15, -0.1) is 22.0 Å². The average Bonchev–Trinajstić information content (AvgIpc) is 3.34. The summed E-state index contributed by atoms with van der Waals surface area (Å²) in [6, 6.07) is 9.65. The molecule has 4 rings (SSSR count). The number of aromatic nitrogens is 3. The van der Waals surface area contributed by atoms with E-state index in [0.717, 1.165) is 22.8 Å². The fraction of sp³-hybridized carbons (Fsp3) is 0.300. The summed E-state index contributed by atoms with van der Waals surface area (Å²) < 4.78 is 40.1. The summed E-state index contributed by atoms with van der Waals surface area (Å²) in [4.78, 5) is 27.6. The monoisotopic (exact) mass is 449 g/mol. The first-order valence-electron chi connectivity index (χ1n) is 9.39. The molecule has 1 saturated heterocycles. The van der Waals surface area contributed by atoms with Crippen LogP contribution < -0.4 is 10.2 Å². The third kappa shape index (κ3) is 4.36. The molecule has 11 heteroatoms. The number of thioether (sulfide) groups is 1. The third-order valence-corrected chi connectivity index (χ3v) is 5.81. The number of alkyl halides is 3. The molecular weight excluding hydrogens is 431 g/mol. The van der Waals surface area contributed by atoms with Crippen LogP contribution in [0.2, 0.25) is 0 Å². The van der Waals surface area contributed by atoms with Crippen molar-refractivity contribution in [2.45, 2.75) is 24.0 Å². The Morgan fingerprint density at radius 2 is 2.06 bits per heavy atom. The smallest absolute Gasteiger partial charge is 0.348 e. The van der Waals surface area contributed by atoms with E-state index in [-0.39, 0.29) is 42.8 Å². The molecule has 1 fully saturated rings. The minimum absolute atomic E-state index is 0.0636. The molecule has 0 radical (unpaired) electrons. The van der Waals surface area contributed by atoms with Crippen molar-refractivity contribution in [1.29, 1.82) is 0 Å². The van der Waals surface area contributed by atoms with Crippen LogP contribution in [-0.2, 0) is 22.3 Å². The van der Waals surface area contributed by atoms with Gasteiger partial charge in [0.05, 0.1) is 18.0 Å². The molecule has 0 bridgehead atoms. The molecule has 1 atom stereocenters. The Morgan fingerprint density at radius 3 is 2.81 bits per heavy atom. The van der Waals surface area contributed by atoms with Crippen molar-refractivity contribution in [1.82, 2.24) is 19.9 Å². The van der Waals surface area contributed by atoms with E-state index in [9.17, 15) is 22.8 Å². The lowest BCUT2D eigenvalue weighted by Gasteiger charge is -2.17. The number of amides is 2. The third-order valence-electron chi connectivity index (χ3n) is 5.08. The van der Waals surface area contributed by atoms with Gasteiger partial charge in [-0.2, -0.15) is 13.2 Å². The Morgan fingerprint density at radius 1 is 1.26 bits per heavy atom. The minimum atomic E-state index is -4.50. The molecule has 3 aromatic rings. The van der Waals surface area contributed by atoms with E-state index in [4.69, 9.17) is 0 Å². The van der Waals surface area contributed by atoms with Gasteiger partial charge in [0, 0.05) is 29.7 Å². The molecule has 7 nitrogen and oxygen atoms in total. The zero-order valence-electron chi connectivity index (χ0n) is 16.4. The summed E-state index contributed by atoms with van der Waals surface area (Å²) in [6.45, 7) is 0.134. The SMILES string of the molecule is CSc1cccc(N2C[C@@H](C(=O)NCc3nnc4ccc(C(F)(F)F)cn34)CC2=O)c1. The van der Waals surface area contributed by atoms with Crippen molar-refractivity contribution in [3.8, 4) is 0 Å². The van der Waals surface area contributed by atoms with Crippen LogP contribution in [0.25, 0.3) is 5.65 Å². The second-order valence-electron chi connectivity index (χ2n) is 7.08. The van der Waals surface area contributed by atoms with Crippen LogP contribution in [0, 0.1) is 5.92 Å². The zero-order valence-corrected chi connectivity index (χ0v) is 17.2. The van der Waals surface area contributed by atoms with Gasteiger partial charge in [-0.1, -0.05) is 6.07 Å². The first-order chi connectivity index (χ1) is 14.8. The second kappa shape index (κ2) is 8.22. The van der Waals surface area contributed by atoms with E-state index >= 15 is 0 Å². The van der Waals surface area contributed by atoms with Crippen LogP contribution in [0.4, 0.5) is 18.9 Å².